The van der Waals surface area contributed by atoms with Gasteiger partial charge >= 0.3 is 5.97 Å². The predicted molar refractivity (Wildman–Crippen MR) is 74.8 cm³/mol. The van der Waals surface area contributed by atoms with Gasteiger partial charge in [0.1, 0.15) is 5.75 Å². The number of rotatable bonds is 4. The number of aromatic carboxylic acids is 1. The van der Waals surface area contributed by atoms with E-state index in [0.29, 0.717) is 5.75 Å². The summed E-state index contributed by atoms with van der Waals surface area (Å²) < 4.78 is 5.30. The fraction of sp³-hybridized carbons (Fsp3) is 0.188. The van der Waals surface area contributed by atoms with Crippen LogP contribution in [0.25, 0.3) is 11.1 Å². The Bertz CT molecular complexity index is 585. The second-order valence-electron chi connectivity index (χ2n) is 4.27. The Morgan fingerprint density at radius 3 is 2.37 bits per heavy atom. The number of hydrogen-bond acceptors (Lipinski definition) is 2. The van der Waals surface area contributed by atoms with Crippen molar-refractivity contribution in [1.82, 2.24) is 0 Å². The lowest BCUT2D eigenvalue weighted by Gasteiger charge is -2.10. The first-order chi connectivity index (χ1) is 9.15. The molecule has 0 aromatic heterocycles. The van der Waals surface area contributed by atoms with Gasteiger partial charge in [-0.15, -0.1) is 0 Å². The van der Waals surface area contributed by atoms with Crippen molar-refractivity contribution in [3.05, 3.63) is 53.6 Å². The highest BCUT2D eigenvalue weighted by molar-refractivity contribution is 5.90. The average Bonchev–Trinajstić information content (AvgIpc) is 2.46. The molecule has 0 bridgehead atoms. The molecule has 0 aliphatic heterocycles. The lowest BCUT2D eigenvalue weighted by molar-refractivity contribution is 0.0697. The van der Waals surface area contributed by atoms with Crippen molar-refractivity contribution >= 4 is 5.97 Å². The summed E-state index contributed by atoms with van der Waals surface area (Å²) >= 11 is 0. The van der Waals surface area contributed by atoms with Gasteiger partial charge < -0.3 is 9.84 Å². The molecular formula is C16H16O3. The quantitative estimate of drug-likeness (QED) is 0.908. The summed E-state index contributed by atoms with van der Waals surface area (Å²) in [7, 11) is 1.58. The Hall–Kier alpha value is -2.29. The number of aryl methyl sites for hydroxylation is 1. The van der Waals surface area contributed by atoms with Crippen molar-refractivity contribution < 1.29 is 14.6 Å². The maximum absolute atomic E-state index is 11.0. The van der Waals surface area contributed by atoms with Crippen LogP contribution >= 0.6 is 0 Å². The molecule has 2 rings (SSSR count). The van der Waals surface area contributed by atoms with Gasteiger partial charge in [-0.1, -0.05) is 31.2 Å². The summed E-state index contributed by atoms with van der Waals surface area (Å²) in [6.07, 6.45) is 0.979. The van der Waals surface area contributed by atoms with E-state index < -0.39 is 5.97 Å². The lowest BCUT2D eigenvalue weighted by atomic mass is 10.00. The normalized spacial score (nSPS) is 10.2. The summed E-state index contributed by atoms with van der Waals surface area (Å²) in [6, 6.07) is 12.9. The Kier molecular flexibility index (Phi) is 3.85. The van der Waals surface area contributed by atoms with E-state index in [0.717, 1.165) is 17.5 Å². The summed E-state index contributed by atoms with van der Waals surface area (Å²) in [5.41, 5.74) is 3.26. The van der Waals surface area contributed by atoms with Crippen molar-refractivity contribution in [2.45, 2.75) is 13.3 Å². The smallest absolute Gasteiger partial charge is 0.335 e. The molecule has 0 radical (unpaired) electrons. The molecule has 0 amide bonds. The summed E-state index contributed by atoms with van der Waals surface area (Å²) in [5, 5.41) is 9.06. The molecule has 3 heteroatoms. The first-order valence-corrected chi connectivity index (χ1v) is 6.16. The van der Waals surface area contributed by atoms with Crippen LogP contribution in [0.1, 0.15) is 22.8 Å². The van der Waals surface area contributed by atoms with Crippen LogP contribution in [0.15, 0.2) is 42.5 Å². The molecule has 0 aliphatic rings. The van der Waals surface area contributed by atoms with Gasteiger partial charge in [0.15, 0.2) is 0 Å². The van der Waals surface area contributed by atoms with E-state index in [1.54, 1.807) is 25.3 Å². The molecule has 0 unspecified atom stereocenters. The Morgan fingerprint density at radius 2 is 1.84 bits per heavy atom. The number of carboxylic acid groups (broad SMARTS) is 1. The van der Waals surface area contributed by atoms with Crippen LogP contribution < -0.4 is 4.74 Å². The second-order valence-corrected chi connectivity index (χ2v) is 4.27. The van der Waals surface area contributed by atoms with Gasteiger partial charge in [-0.3, -0.25) is 0 Å². The van der Waals surface area contributed by atoms with Crippen LogP contribution in [0, 0.1) is 0 Å². The molecule has 0 spiro atoms. The highest BCUT2D eigenvalue weighted by Gasteiger charge is 2.10. The zero-order valence-electron chi connectivity index (χ0n) is 11.0. The molecule has 3 nitrogen and oxygen atoms in total. The van der Waals surface area contributed by atoms with Gasteiger partial charge in [0.2, 0.25) is 0 Å². The van der Waals surface area contributed by atoms with Crippen LogP contribution in [-0.4, -0.2) is 18.2 Å². The Labute approximate surface area is 112 Å². The molecule has 0 atom stereocenters. The standard InChI is InChI=1S/C16H16O3/c1-3-11-4-6-12(7-5-11)14-10-13(16(17)18)8-9-15(14)19-2/h4-10H,3H2,1-2H3,(H,17,18). The Balaban J connectivity index is 2.51. The monoisotopic (exact) mass is 256 g/mol. The number of ether oxygens (including phenoxy) is 1. The average molecular weight is 256 g/mol. The molecule has 0 saturated heterocycles. The van der Waals surface area contributed by atoms with Crippen molar-refractivity contribution in [3.8, 4) is 16.9 Å². The minimum atomic E-state index is -0.936. The third-order valence-electron chi connectivity index (χ3n) is 3.12. The van der Waals surface area contributed by atoms with Crippen LogP contribution in [-0.2, 0) is 6.42 Å². The van der Waals surface area contributed by atoms with Crippen LogP contribution in [0.2, 0.25) is 0 Å². The first kappa shape index (κ1) is 13.1. The van der Waals surface area contributed by atoms with E-state index in [1.165, 1.54) is 5.56 Å². The zero-order valence-corrected chi connectivity index (χ0v) is 11.0. The van der Waals surface area contributed by atoms with Crippen LogP contribution in [0.4, 0.5) is 0 Å². The fourth-order valence-corrected chi connectivity index (χ4v) is 1.99. The minimum Gasteiger partial charge on any atom is -0.496 e. The fourth-order valence-electron chi connectivity index (χ4n) is 1.99. The van der Waals surface area contributed by atoms with E-state index in [4.69, 9.17) is 9.84 Å². The van der Waals surface area contributed by atoms with Crippen molar-refractivity contribution in [1.29, 1.82) is 0 Å². The van der Waals surface area contributed by atoms with Gasteiger partial charge in [0.05, 0.1) is 12.7 Å². The van der Waals surface area contributed by atoms with Gasteiger partial charge in [0, 0.05) is 5.56 Å². The first-order valence-electron chi connectivity index (χ1n) is 6.16. The van der Waals surface area contributed by atoms with E-state index in [-0.39, 0.29) is 5.56 Å². The third kappa shape index (κ3) is 2.76. The molecule has 2 aromatic carbocycles. The van der Waals surface area contributed by atoms with Gasteiger partial charge in [-0.25, -0.2) is 4.79 Å². The van der Waals surface area contributed by atoms with Crippen molar-refractivity contribution in [2.24, 2.45) is 0 Å². The van der Waals surface area contributed by atoms with E-state index in [9.17, 15) is 4.79 Å². The maximum Gasteiger partial charge on any atom is 0.335 e. The highest BCUT2D eigenvalue weighted by atomic mass is 16.5. The highest BCUT2D eigenvalue weighted by Crippen LogP contribution is 2.31. The van der Waals surface area contributed by atoms with Crippen molar-refractivity contribution in [2.75, 3.05) is 7.11 Å². The number of hydrogen-bond donors (Lipinski definition) is 1. The summed E-state index contributed by atoms with van der Waals surface area (Å²) in [6.45, 7) is 2.10. The molecule has 0 aliphatic carbocycles. The molecule has 19 heavy (non-hydrogen) atoms. The summed E-state index contributed by atoms with van der Waals surface area (Å²) in [5.74, 6) is -0.261. The predicted octanol–water partition coefficient (Wildman–Crippen LogP) is 3.62. The lowest BCUT2D eigenvalue weighted by Crippen LogP contribution is -1.98. The Morgan fingerprint density at radius 1 is 1.16 bits per heavy atom. The number of carboxylic acids is 1. The van der Waals surface area contributed by atoms with Gasteiger partial charge in [0.25, 0.3) is 0 Å². The second kappa shape index (κ2) is 5.57. The molecule has 0 heterocycles. The number of carbonyl (C=O) groups is 1. The molecular weight excluding hydrogens is 240 g/mol. The largest absolute Gasteiger partial charge is 0.496 e. The van der Waals surface area contributed by atoms with Crippen LogP contribution in [0.5, 0.6) is 5.75 Å². The topological polar surface area (TPSA) is 46.5 Å². The molecule has 1 N–H and O–H groups in total. The number of methoxy groups -OCH3 is 1. The summed E-state index contributed by atoms with van der Waals surface area (Å²) in [4.78, 5) is 11.0. The van der Waals surface area contributed by atoms with E-state index in [2.05, 4.69) is 6.92 Å². The molecule has 98 valence electrons. The molecule has 2 aromatic rings. The molecule has 0 fully saturated rings. The van der Waals surface area contributed by atoms with Gasteiger partial charge in [-0.05, 0) is 35.7 Å². The van der Waals surface area contributed by atoms with Gasteiger partial charge in [-0.2, -0.15) is 0 Å². The SMILES string of the molecule is CCc1ccc(-c2cc(C(=O)O)ccc2OC)cc1. The van der Waals surface area contributed by atoms with Crippen LogP contribution in [0.3, 0.4) is 0 Å². The molecule has 0 saturated carbocycles. The third-order valence-corrected chi connectivity index (χ3v) is 3.12. The number of benzene rings is 2. The van der Waals surface area contributed by atoms with E-state index in [1.807, 2.05) is 24.3 Å². The minimum absolute atomic E-state index is 0.260. The van der Waals surface area contributed by atoms with Crippen molar-refractivity contribution in [3.63, 3.8) is 0 Å². The van der Waals surface area contributed by atoms with E-state index >= 15 is 0 Å². The maximum atomic E-state index is 11.0. The zero-order chi connectivity index (χ0) is 13.8.